The van der Waals surface area contributed by atoms with Gasteiger partial charge < -0.3 is 9.84 Å². The molecule has 0 amide bonds. The number of aliphatic hydroxyl groups is 1. The molecule has 60 valence electrons. The van der Waals surface area contributed by atoms with Gasteiger partial charge in [0.2, 0.25) is 0 Å². The monoisotopic (exact) mass is 153 g/mol. The van der Waals surface area contributed by atoms with Crippen LogP contribution in [-0.4, -0.2) is 16.7 Å². The van der Waals surface area contributed by atoms with Crippen LogP contribution in [0.5, 0.6) is 0 Å². The first-order valence-electron chi connectivity index (χ1n) is 3.54. The molecule has 1 rings (SSSR count). The zero-order valence-corrected chi connectivity index (χ0v) is 6.40. The van der Waals surface area contributed by atoms with Crippen molar-refractivity contribution in [1.29, 1.82) is 0 Å². The summed E-state index contributed by atoms with van der Waals surface area (Å²) >= 11 is 0. The summed E-state index contributed by atoms with van der Waals surface area (Å²) in [7, 11) is 0. The molecule has 0 aliphatic rings. The van der Waals surface area contributed by atoms with Gasteiger partial charge in [-0.1, -0.05) is 6.07 Å². The van der Waals surface area contributed by atoms with Gasteiger partial charge in [-0.3, -0.25) is 4.98 Å². The summed E-state index contributed by atoms with van der Waals surface area (Å²) < 4.78 is 4.94. The minimum atomic E-state index is -0.839. The number of aliphatic hydroxyl groups excluding tert-OH is 1. The lowest BCUT2D eigenvalue weighted by Gasteiger charge is -2.08. The fourth-order valence-corrected chi connectivity index (χ4v) is 0.776. The minimum Gasteiger partial charge on any atom is -0.364 e. The van der Waals surface area contributed by atoms with Crippen LogP contribution in [0.3, 0.4) is 0 Å². The summed E-state index contributed by atoms with van der Waals surface area (Å²) in [4.78, 5) is 3.85. The van der Waals surface area contributed by atoms with E-state index in [9.17, 15) is 5.11 Å². The molecule has 1 unspecified atom stereocenters. The topological polar surface area (TPSA) is 42.4 Å². The van der Waals surface area contributed by atoms with E-state index in [-0.39, 0.29) is 0 Å². The van der Waals surface area contributed by atoms with Gasteiger partial charge in [0.15, 0.2) is 6.29 Å². The molecular formula is C8H11NO2. The molecule has 0 aliphatic heterocycles. The van der Waals surface area contributed by atoms with E-state index in [4.69, 9.17) is 4.74 Å². The van der Waals surface area contributed by atoms with E-state index in [0.29, 0.717) is 12.2 Å². The quantitative estimate of drug-likeness (QED) is 0.661. The van der Waals surface area contributed by atoms with Crippen molar-refractivity contribution in [2.75, 3.05) is 6.61 Å². The third kappa shape index (κ3) is 2.29. The Morgan fingerprint density at radius 3 is 3.09 bits per heavy atom. The lowest BCUT2D eigenvalue weighted by Crippen LogP contribution is -2.02. The standard InChI is InChI=1S/C8H11NO2/c1-2-11-8(10)7-4-3-5-9-6-7/h3-6,8,10H,2H2,1H3. The molecule has 0 radical (unpaired) electrons. The van der Waals surface area contributed by atoms with E-state index in [1.807, 2.05) is 6.92 Å². The van der Waals surface area contributed by atoms with Crippen LogP contribution in [-0.2, 0) is 4.74 Å². The van der Waals surface area contributed by atoms with Gasteiger partial charge in [0.25, 0.3) is 0 Å². The van der Waals surface area contributed by atoms with Gasteiger partial charge in [-0.2, -0.15) is 0 Å². The summed E-state index contributed by atoms with van der Waals surface area (Å²) in [5.74, 6) is 0. The molecule has 1 N–H and O–H groups in total. The maximum Gasteiger partial charge on any atom is 0.182 e. The third-order valence-electron chi connectivity index (χ3n) is 1.29. The maximum absolute atomic E-state index is 9.26. The molecule has 3 heteroatoms. The average Bonchev–Trinajstić information content (AvgIpc) is 2.07. The summed E-state index contributed by atoms with van der Waals surface area (Å²) in [6.07, 6.45) is 2.40. The Bertz CT molecular complexity index is 201. The summed E-state index contributed by atoms with van der Waals surface area (Å²) in [6.45, 7) is 2.33. The van der Waals surface area contributed by atoms with Crippen LogP contribution in [0.15, 0.2) is 24.5 Å². The van der Waals surface area contributed by atoms with Crippen LogP contribution in [0.1, 0.15) is 18.8 Å². The first-order valence-corrected chi connectivity index (χ1v) is 3.54. The molecule has 11 heavy (non-hydrogen) atoms. The molecule has 1 atom stereocenters. The Hall–Kier alpha value is -0.930. The SMILES string of the molecule is CCOC(O)c1cccnc1. The van der Waals surface area contributed by atoms with Crippen LogP contribution >= 0.6 is 0 Å². The fraction of sp³-hybridized carbons (Fsp3) is 0.375. The number of hydrogen-bond donors (Lipinski definition) is 1. The van der Waals surface area contributed by atoms with Gasteiger partial charge in [-0.25, -0.2) is 0 Å². The second-order valence-corrected chi connectivity index (χ2v) is 2.09. The second kappa shape index (κ2) is 4.05. The van der Waals surface area contributed by atoms with Crippen LogP contribution in [0, 0.1) is 0 Å². The number of rotatable bonds is 3. The van der Waals surface area contributed by atoms with E-state index < -0.39 is 6.29 Å². The number of pyridine rings is 1. The number of ether oxygens (including phenoxy) is 1. The maximum atomic E-state index is 9.26. The van der Waals surface area contributed by atoms with E-state index in [0.717, 1.165) is 0 Å². The van der Waals surface area contributed by atoms with Gasteiger partial charge in [0, 0.05) is 24.6 Å². The molecule has 0 aliphatic carbocycles. The summed E-state index contributed by atoms with van der Waals surface area (Å²) in [5, 5.41) is 9.26. The molecule has 0 fully saturated rings. The number of nitrogens with zero attached hydrogens (tertiary/aromatic N) is 1. The highest BCUT2D eigenvalue weighted by Gasteiger charge is 2.04. The Morgan fingerprint density at radius 2 is 2.55 bits per heavy atom. The molecule has 0 aromatic carbocycles. The van der Waals surface area contributed by atoms with Crippen LogP contribution in [0.25, 0.3) is 0 Å². The molecule has 0 bridgehead atoms. The number of hydrogen-bond acceptors (Lipinski definition) is 3. The van der Waals surface area contributed by atoms with E-state index in [1.54, 1.807) is 24.5 Å². The summed E-state index contributed by atoms with van der Waals surface area (Å²) in [5.41, 5.74) is 0.689. The van der Waals surface area contributed by atoms with Crippen LogP contribution < -0.4 is 0 Å². The fourth-order valence-electron chi connectivity index (χ4n) is 0.776. The van der Waals surface area contributed by atoms with Gasteiger partial charge in [-0.05, 0) is 13.0 Å². The minimum absolute atomic E-state index is 0.496. The van der Waals surface area contributed by atoms with Gasteiger partial charge in [0.05, 0.1) is 0 Å². The van der Waals surface area contributed by atoms with Crippen molar-refractivity contribution in [2.45, 2.75) is 13.2 Å². The Morgan fingerprint density at radius 1 is 1.73 bits per heavy atom. The zero-order valence-electron chi connectivity index (χ0n) is 6.40. The molecule has 0 spiro atoms. The lowest BCUT2D eigenvalue weighted by atomic mass is 10.3. The highest BCUT2D eigenvalue weighted by Crippen LogP contribution is 2.10. The van der Waals surface area contributed by atoms with E-state index in [1.165, 1.54) is 0 Å². The number of aromatic nitrogens is 1. The van der Waals surface area contributed by atoms with E-state index in [2.05, 4.69) is 4.98 Å². The molecule has 1 aromatic rings. The second-order valence-electron chi connectivity index (χ2n) is 2.09. The van der Waals surface area contributed by atoms with Crippen LogP contribution in [0.2, 0.25) is 0 Å². The lowest BCUT2D eigenvalue weighted by molar-refractivity contribution is -0.0981. The average molecular weight is 153 g/mol. The predicted molar refractivity (Wildman–Crippen MR) is 40.8 cm³/mol. The molecular weight excluding hydrogens is 142 g/mol. The first kappa shape index (κ1) is 8.17. The largest absolute Gasteiger partial charge is 0.364 e. The van der Waals surface area contributed by atoms with Crippen molar-refractivity contribution in [3.63, 3.8) is 0 Å². The van der Waals surface area contributed by atoms with Crippen LogP contribution in [0.4, 0.5) is 0 Å². The van der Waals surface area contributed by atoms with Crippen molar-refractivity contribution < 1.29 is 9.84 Å². The molecule has 1 aromatic heterocycles. The van der Waals surface area contributed by atoms with Crippen molar-refractivity contribution in [2.24, 2.45) is 0 Å². The van der Waals surface area contributed by atoms with Gasteiger partial charge in [0.1, 0.15) is 0 Å². The molecule has 0 saturated carbocycles. The zero-order chi connectivity index (χ0) is 8.10. The highest BCUT2D eigenvalue weighted by molar-refractivity contribution is 5.09. The third-order valence-corrected chi connectivity index (χ3v) is 1.29. The Labute approximate surface area is 65.7 Å². The highest BCUT2D eigenvalue weighted by atomic mass is 16.6. The van der Waals surface area contributed by atoms with Crippen molar-refractivity contribution in [3.05, 3.63) is 30.1 Å². The Balaban J connectivity index is 2.61. The van der Waals surface area contributed by atoms with Crippen molar-refractivity contribution in [3.8, 4) is 0 Å². The normalized spacial score (nSPS) is 12.9. The Kier molecular flexibility index (Phi) is 3.01. The first-order chi connectivity index (χ1) is 5.34. The molecule has 1 heterocycles. The molecule has 0 saturated heterocycles. The molecule has 3 nitrogen and oxygen atoms in total. The van der Waals surface area contributed by atoms with Crippen molar-refractivity contribution >= 4 is 0 Å². The smallest absolute Gasteiger partial charge is 0.182 e. The predicted octanol–water partition coefficient (Wildman–Crippen LogP) is 1.11. The van der Waals surface area contributed by atoms with Gasteiger partial charge >= 0.3 is 0 Å². The van der Waals surface area contributed by atoms with E-state index >= 15 is 0 Å². The van der Waals surface area contributed by atoms with Gasteiger partial charge in [-0.15, -0.1) is 0 Å². The summed E-state index contributed by atoms with van der Waals surface area (Å²) in [6, 6.07) is 3.53. The van der Waals surface area contributed by atoms with Crippen molar-refractivity contribution in [1.82, 2.24) is 4.98 Å².